The zero-order chi connectivity index (χ0) is 13.8. The summed E-state index contributed by atoms with van der Waals surface area (Å²) >= 11 is 0. The molecular weight excluding hydrogens is 246 g/mol. The van der Waals surface area contributed by atoms with E-state index in [-0.39, 0.29) is 5.92 Å². The van der Waals surface area contributed by atoms with E-state index >= 15 is 0 Å². The molecule has 0 spiro atoms. The van der Waals surface area contributed by atoms with Crippen molar-refractivity contribution in [2.45, 2.75) is 31.7 Å². The first kappa shape index (κ1) is 13.3. The van der Waals surface area contributed by atoms with Crippen LogP contribution in [0.1, 0.15) is 30.4 Å². The van der Waals surface area contributed by atoms with Crippen LogP contribution in [-0.4, -0.2) is 37.5 Å². The van der Waals surface area contributed by atoms with Gasteiger partial charge in [-0.1, -0.05) is 23.8 Å². The molecule has 3 N–H and O–H groups in total. The molecule has 1 unspecified atom stereocenters. The van der Waals surface area contributed by atoms with Gasteiger partial charge < -0.3 is 10.8 Å². The van der Waals surface area contributed by atoms with E-state index in [0.29, 0.717) is 24.5 Å². The van der Waals surface area contributed by atoms with Crippen LogP contribution in [0.5, 0.6) is 0 Å². The van der Waals surface area contributed by atoms with Crippen LogP contribution < -0.4 is 5.73 Å². The van der Waals surface area contributed by atoms with E-state index in [1.54, 1.807) is 6.92 Å². The molecule has 0 amide bonds. The van der Waals surface area contributed by atoms with Crippen LogP contribution in [0.4, 0.5) is 0 Å². The maximum absolute atomic E-state index is 10.7. The number of carbonyl (C=O) groups is 1. The minimum absolute atomic E-state index is 0.0328. The molecule has 0 fully saturated rings. The van der Waals surface area contributed by atoms with Crippen molar-refractivity contribution >= 4 is 5.97 Å². The van der Waals surface area contributed by atoms with Crippen molar-refractivity contribution in [1.82, 2.24) is 20.4 Å². The number of nitrogens with two attached hydrogens (primary N) is 1. The van der Waals surface area contributed by atoms with Gasteiger partial charge in [0.25, 0.3) is 0 Å². The molecule has 1 aromatic heterocycles. The molecule has 2 rings (SSSR count). The summed E-state index contributed by atoms with van der Waals surface area (Å²) in [6, 6.07) is -0.869. The number of hydrogen-bond donors (Lipinski definition) is 2. The number of carboxylic acid groups (broad SMARTS) is 1. The highest BCUT2D eigenvalue weighted by Gasteiger charge is 2.18. The van der Waals surface area contributed by atoms with Crippen LogP contribution >= 0.6 is 0 Å². The lowest BCUT2D eigenvalue weighted by Gasteiger charge is -2.15. The van der Waals surface area contributed by atoms with Gasteiger partial charge in [-0.2, -0.15) is 0 Å². The summed E-state index contributed by atoms with van der Waals surface area (Å²) in [7, 11) is 0. The third kappa shape index (κ3) is 3.41. The van der Waals surface area contributed by atoms with E-state index in [1.165, 1.54) is 0 Å². The predicted octanol–water partition coefficient (Wildman–Crippen LogP) is 0.347. The second kappa shape index (κ2) is 5.66. The topological polar surface area (TPSA) is 115 Å². The third-order valence-corrected chi connectivity index (χ3v) is 2.88. The van der Waals surface area contributed by atoms with Gasteiger partial charge in [-0.15, -0.1) is 20.4 Å². The van der Waals surface area contributed by atoms with Crippen molar-refractivity contribution in [2.75, 3.05) is 0 Å². The molecule has 7 nitrogen and oxygen atoms in total. The van der Waals surface area contributed by atoms with Crippen molar-refractivity contribution in [3.8, 4) is 0 Å². The van der Waals surface area contributed by atoms with Crippen molar-refractivity contribution in [3.05, 3.63) is 35.4 Å². The minimum Gasteiger partial charge on any atom is -0.480 e. The number of aromatic nitrogens is 4. The van der Waals surface area contributed by atoms with Crippen molar-refractivity contribution in [2.24, 2.45) is 5.73 Å². The van der Waals surface area contributed by atoms with E-state index in [1.807, 2.05) is 18.2 Å². The lowest BCUT2D eigenvalue weighted by atomic mass is 9.93. The fourth-order valence-electron chi connectivity index (χ4n) is 1.78. The Morgan fingerprint density at radius 2 is 2.16 bits per heavy atom. The fourth-order valence-corrected chi connectivity index (χ4v) is 1.78. The van der Waals surface area contributed by atoms with Crippen LogP contribution in [0.2, 0.25) is 0 Å². The largest absolute Gasteiger partial charge is 0.480 e. The first-order valence-corrected chi connectivity index (χ1v) is 5.96. The Kier molecular flexibility index (Phi) is 3.96. The smallest absolute Gasteiger partial charge is 0.320 e. The number of aryl methyl sites for hydroxylation is 1. The molecule has 100 valence electrons. The Morgan fingerprint density at radius 1 is 1.47 bits per heavy atom. The monoisotopic (exact) mass is 261 g/mol. The highest BCUT2D eigenvalue weighted by atomic mass is 16.4. The number of rotatable bonds is 4. The molecule has 0 bridgehead atoms. The van der Waals surface area contributed by atoms with Crippen LogP contribution in [0.15, 0.2) is 23.8 Å². The van der Waals surface area contributed by atoms with Crippen LogP contribution in [0.25, 0.3) is 0 Å². The summed E-state index contributed by atoms with van der Waals surface area (Å²) in [4.78, 5) is 10.7. The normalized spacial score (nSPS) is 19.9. The highest BCUT2D eigenvalue weighted by molar-refractivity contribution is 5.73. The maximum atomic E-state index is 10.7. The number of carboxylic acids is 1. The van der Waals surface area contributed by atoms with E-state index in [2.05, 4.69) is 20.4 Å². The second-order valence-electron chi connectivity index (χ2n) is 4.43. The van der Waals surface area contributed by atoms with E-state index < -0.39 is 12.0 Å². The molecule has 7 heteroatoms. The Bertz CT molecular complexity index is 523. The Labute approximate surface area is 110 Å². The van der Waals surface area contributed by atoms with Gasteiger partial charge in [-0.05, 0) is 19.8 Å². The average molecular weight is 261 g/mol. The molecule has 1 aliphatic rings. The second-order valence-corrected chi connectivity index (χ2v) is 4.43. The zero-order valence-corrected chi connectivity index (χ0v) is 10.5. The number of aliphatic carboxylic acids is 1. The first-order chi connectivity index (χ1) is 9.06. The maximum Gasteiger partial charge on any atom is 0.320 e. The Hall–Kier alpha value is -2.15. The van der Waals surface area contributed by atoms with Crippen molar-refractivity contribution < 1.29 is 9.90 Å². The van der Waals surface area contributed by atoms with E-state index in [4.69, 9.17) is 10.8 Å². The summed E-state index contributed by atoms with van der Waals surface area (Å²) in [5.41, 5.74) is 6.41. The van der Waals surface area contributed by atoms with Gasteiger partial charge in [0, 0.05) is 5.92 Å². The summed E-state index contributed by atoms with van der Waals surface area (Å²) in [6.07, 6.45) is 6.77. The standard InChI is InChI=1S/C12H15N5O2/c1-7-14-16-11(17-15-7)9-4-2-8(3-5-9)6-10(13)12(18)19/h2-4,9-10H,5-6,13H2,1H3,(H,18,19)/t9?,10-/m0/s1. The van der Waals surface area contributed by atoms with Gasteiger partial charge in [0.1, 0.15) is 6.04 Å². The van der Waals surface area contributed by atoms with Crippen molar-refractivity contribution in [3.63, 3.8) is 0 Å². The highest BCUT2D eigenvalue weighted by Crippen LogP contribution is 2.25. The molecular formula is C12H15N5O2. The number of nitrogens with zero attached hydrogens (tertiary/aromatic N) is 4. The summed E-state index contributed by atoms with van der Waals surface area (Å²) < 4.78 is 0. The van der Waals surface area contributed by atoms with Gasteiger partial charge in [0.05, 0.1) is 0 Å². The molecule has 2 atom stereocenters. The summed E-state index contributed by atoms with van der Waals surface area (Å²) in [5.74, 6) is 0.143. The first-order valence-electron chi connectivity index (χ1n) is 5.96. The fraction of sp³-hybridized carbons (Fsp3) is 0.417. The predicted molar refractivity (Wildman–Crippen MR) is 67.2 cm³/mol. The van der Waals surface area contributed by atoms with Crippen molar-refractivity contribution in [1.29, 1.82) is 0 Å². The quantitative estimate of drug-likeness (QED) is 0.803. The number of hydrogen-bond acceptors (Lipinski definition) is 6. The van der Waals surface area contributed by atoms with Crippen LogP contribution in [-0.2, 0) is 4.79 Å². The van der Waals surface area contributed by atoms with Crippen LogP contribution in [0.3, 0.4) is 0 Å². The zero-order valence-electron chi connectivity index (χ0n) is 10.5. The molecule has 1 heterocycles. The average Bonchev–Trinajstić information content (AvgIpc) is 2.40. The molecule has 1 aliphatic carbocycles. The van der Waals surface area contributed by atoms with Crippen LogP contribution in [0, 0.1) is 6.92 Å². The molecule has 0 saturated carbocycles. The SMILES string of the molecule is Cc1nnc(C2C=CC(C[C@H](N)C(=O)O)=CC2)nn1. The third-order valence-electron chi connectivity index (χ3n) is 2.88. The minimum atomic E-state index is -0.994. The van der Waals surface area contributed by atoms with Gasteiger partial charge >= 0.3 is 5.97 Å². The molecule has 0 saturated heterocycles. The summed E-state index contributed by atoms with van der Waals surface area (Å²) in [6.45, 7) is 1.73. The molecule has 19 heavy (non-hydrogen) atoms. The van der Waals surface area contributed by atoms with Gasteiger partial charge in [-0.25, -0.2) is 0 Å². The van der Waals surface area contributed by atoms with Gasteiger partial charge in [0.15, 0.2) is 11.6 Å². The lowest BCUT2D eigenvalue weighted by molar-refractivity contribution is -0.138. The molecule has 0 radical (unpaired) electrons. The molecule has 0 aliphatic heterocycles. The lowest BCUT2D eigenvalue weighted by Crippen LogP contribution is -2.30. The molecule has 0 aromatic carbocycles. The van der Waals surface area contributed by atoms with Gasteiger partial charge in [0.2, 0.25) is 0 Å². The number of allylic oxidation sites excluding steroid dienone is 3. The van der Waals surface area contributed by atoms with E-state index in [9.17, 15) is 4.79 Å². The Morgan fingerprint density at radius 3 is 2.68 bits per heavy atom. The molecule has 1 aromatic rings. The van der Waals surface area contributed by atoms with E-state index in [0.717, 1.165) is 5.57 Å². The van der Waals surface area contributed by atoms with Gasteiger partial charge in [-0.3, -0.25) is 4.79 Å². The summed E-state index contributed by atoms with van der Waals surface area (Å²) in [5, 5.41) is 24.5. The Balaban J connectivity index is 1.98.